The van der Waals surface area contributed by atoms with Crippen molar-refractivity contribution in [2.75, 3.05) is 6.61 Å². The fourth-order valence-electron chi connectivity index (χ4n) is 6.41. The lowest BCUT2D eigenvalue weighted by molar-refractivity contribution is -0.141. The van der Waals surface area contributed by atoms with Crippen molar-refractivity contribution >= 4 is 23.8 Å². The normalized spacial score (nSPS) is 27.4. The molecule has 34 heavy (non-hydrogen) atoms. The van der Waals surface area contributed by atoms with E-state index in [1.165, 1.54) is 0 Å². The molecule has 3 aliphatic rings. The maximum absolute atomic E-state index is 13.5. The molecule has 5 rings (SSSR count). The molecule has 2 N–H and O–H groups in total. The first-order valence-corrected chi connectivity index (χ1v) is 11.8. The van der Waals surface area contributed by atoms with Crippen LogP contribution in [0.4, 0.5) is 15.3 Å². The number of benzene rings is 2. The van der Waals surface area contributed by atoms with Crippen LogP contribution in [0.5, 0.6) is 0 Å². The minimum absolute atomic E-state index is 0.0832. The van der Waals surface area contributed by atoms with Crippen molar-refractivity contribution in [2.24, 2.45) is 5.92 Å². The smallest absolute Gasteiger partial charge is 0.479 e. The van der Waals surface area contributed by atoms with Crippen LogP contribution < -0.4 is 4.48 Å². The number of rotatable bonds is 6. The number of nitrogens with zero attached hydrogens (tertiary/aromatic N) is 2. The van der Waals surface area contributed by atoms with Crippen LogP contribution in [0.1, 0.15) is 43.2 Å². The number of carbonyl (C=O) groups excluding carboxylic acids is 1. The molecule has 1 aliphatic heterocycles. The van der Waals surface area contributed by atoms with E-state index in [2.05, 4.69) is 0 Å². The van der Waals surface area contributed by atoms with Crippen LogP contribution in [-0.4, -0.2) is 51.6 Å². The first-order chi connectivity index (χ1) is 16.4. The minimum Gasteiger partial charge on any atom is -0.479 e. The summed E-state index contributed by atoms with van der Waals surface area (Å²) < 4.78 is 4.80. The molecule has 8 heteroatoms. The molecule has 0 unspecified atom stereocenters. The molecule has 2 aliphatic carbocycles. The van der Waals surface area contributed by atoms with Crippen molar-refractivity contribution in [3.63, 3.8) is 0 Å². The maximum atomic E-state index is 13.5. The van der Waals surface area contributed by atoms with Gasteiger partial charge in [-0.25, -0.2) is 9.59 Å². The Hall–Kier alpha value is -3.39. The van der Waals surface area contributed by atoms with Gasteiger partial charge >= 0.3 is 18.2 Å². The van der Waals surface area contributed by atoms with Crippen LogP contribution in [0.15, 0.2) is 54.6 Å². The number of fused-ring (bicyclic) bond motifs is 2. The third-order valence-corrected chi connectivity index (χ3v) is 7.72. The van der Waals surface area contributed by atoms with Crippen LogP contribution in [-0.2, 0) is 22.5 Å². The number of amides is 2. The molecule has 0 bridgehead atoms. The lowest BCUT2D eigenvalue weighted by Gasteiger charge is -2.57. The summed E-state index contributed by atoms with van der Waals surface area (Å²) in [6.07, 6.45) is 2.54. The summed E-state index contributed by atoms with van der Waals surface area (Å²) in [5, 5.41) is 20.2. The zero-order valence-electron chi connectivity index (χ0n) is 18.9. The van der Waals surface area contributed by atoms with E-state index < -0.39 is 34.9 Å². The Bertz CT molecular complexity index is 1120. The van der Waals surface area contributed by atoms with Crippen LogP contribution in [0.25, 0.3) is 0 Å². The Kier molecular flexibility index (Phi) is 5.56. The van der Waals surface area contributed by atoms with Gasteiger partial charge in [-0.1, -0.05) is 48.5 Å². The van der Waals surface area contributed by atoms with Gasteiger partial charge in [0.15, 0.2) is 12.3 Å². The fourth-order valence-corrected chi connectivity index (χ4v) is 6.41. The number of carboxylic acid groups (broad SMARTS) is 2. The summed E-state index contributed by atoms with van der Waals surface area (Å²) in [6.45, 7) is -0.565. The molecule has 3 atom stereocenters. The van der Waals surface area contributed by atoms with Gasteiger partial charge in [-0.3, -0.25) is 4.90 Å². The molecule has 2 fully saturated rings. The van der Waals surface area contributed by atoms with Gasteiger partial charge in [0.05, 0.1) is 0 Å². The summed E-state index contributed by atoms with van der Waals surface area (Å²) in [4.78, 5) is 39.8. The van der Waals surface area contributed by atoms with Crippen LogP contribution in [0, 0.1) is 5.92 Å². The molecular formula is C26H29N2O6+. The number of para-hydroxylation sites is 1. The molecule has 0 radical (unpaired) electrons. The van der Waals surface area contributed by atoms with Gasteiger partial charge in [-0.05, 0) is 32.1 Å². The Labute approximate surface area is 197 Å². The number of ether oxygens (including phenoxy) is 1. The van der Waals surface area contributed by atoms with E-state index in [0.717, 1.165) is 36.8 Å². The molecule has 0 saturated heterocycles. The summed E-state index contributed by atoms with van der Waals surface area (Å²) in [7, 11) is 0. The van der Waals surface area contributed by atoms with E-state index in [-0.39, 0.29) is 18.5 Å². The van der Waals surface area contributed by atoms with Crippen molar-refractivity contribution in [3.05, 3.63) is 65.7 Å². The molecule has 0 spiro atoms. The quantitative estimate of drug-likeness (QED) is 0.604. The van der Waals surface area contributed by atoms with Crippen molar-refractivity contribution < 1.29 is 29.3 Å². The van der Waals surface area contributed by atoms with Crippen molar-refractivity contribution in [1.29, 1.82) is 0 Å². The average Bonchev–Trinajstić information content (AvgIpc) is 3.56. The Morgan fingerprint density at radius 2 is 1.71 bits per heavy atom. The molecule has 0 aromatic heterocycles. The second kappa shape index (κ2) is 8.43. The third-order valence-electron chi connectivity index (χ3n) is 7.72. The second-order valence-electron chi connectivity index (χ2n) is 9.59. The van der Waals surface area contributed by atoms with Crippen molar-refractivity contribution in [3.8, 4) is 0 Å². The summed E-state index contributed by atoms with van der Waals surface area (Å²) in [6, 6.07) is 17.0. The van der Waals surface area contributed by atoms with Gasteiger partial charge < -0.3 is 14.9 Å². The zero-order chi connectivity index (χ0) is 23.9. The number of hydrogen-bond acceptors (Lipinski definition) is 4. The molecule has 2 aromatic rings. The Morgan fingerprint density at radius 3 is 2.38 bits per heavy atom. The van der Waals surface area contributed by atoms with Gasteiger partial charge in [-0.15, -0.1) is 0 Å². The molecular weight excluding hydrogens is 436 g/mol. The average molecular weight is 466 g/mol. The topological polar surface area (TPSA) is 104 Å². The number of aliphatic carboxylic acids is 1. The highest BCUT2D eigenvalue weighted by atomic mass is 16.6. The van der Waals surface area contributed by atoms with Crippen molar-refractivity contribution in [2.45, 2.75) is 56.8 Å². The monoisotopic (exact) mass is 465 g/mol. The van der Waals surface area contributed by atoms with E-state index in [4.69, 9.17) is 9.84 Å². The van der Waals surface area contributed by atoms with Crippen molar-refractivity contribution in [1.82, 2.24) is 9.38 Å². The predicted octanol–water partition coefficient (Wildman–Crippen LogP) is 4.61. The van der Waals surface area contributed by atoms with Crippen LogP contribution >= 0.6 is 0 Å². The van der Waals surface area contributed by atoms with Gasteiger partial charge in [0.25, 0.3) is 0 Å². The van der Waals surface area contributed by atoms with Gasteiger partial charge in [0, 0.05) is 35.6 Å². The Morgan fingerprint density at radius 1 is 1.00 bits per heavy atom. The highest BCUT2D eigenvalue weighted by Crippen LogP contribution is 2.58. The van der Waals surface area contributed by atoms with Gasteiger partial charge in [0.1, 0.15) is 12.2 Å². The largest absolute Gasteiger partial charge is 0.521 e. The first kappa shape index (κ1) is 22.4. The number of quaternary nitrogens is 1. The SMILES string of the molecule is O=C(O)COC(=O)N(C1CC1)[C@@]12CCC[C@@H]1Cc1ccccc1[N@@+]2(Cc1ccccc1)C(=O)O. The van der Waals surface area contributed by atoms with E-state index in [9.17, 15) is 19.5 Å². The van der Waals surface area contributed by atoms with Crippen LogP contribution in [0.2, 0.25) is 0 Å². The number of carboxylic acids is 1. The molecule has 2 amide bonds. The Balaban J connectivity index is 1.74. The molecule has 8 nitrogen and oxygen atoms in total. The zero-order valence-corrected chi connectivity index (χ0v) is 18.9. The standard InChI is InChI=1S/C26H28N2O6/c29-23(30)17-34-24(31)27(21-12-13-21)26-14-6-10-20(26)15-19-9-4-5-11-22(19)28(26,25(32)33)16-18-7-2-1-3-8-18/h1-5,7-9,11,20-21H,6,10,12-17H2,(H-,29,30,32,33)/p+1/t20-,26-,28+/m1/s1. The highest BCUT2D eigenvalue weighted by molar-refractivity contribution is 5.86. The van der Waals surface area contributed by atoms with E-state index in [1.807, 2.05) is 54.6 Å². The first-order valence-electron chi connectivity index (χ1n) is 11.8. The summed E-state index contributed by atoms with van der Waals surface area (Å²) in [5.41, 5.74) is 1.47. The van der Waals surface area contributed by atoms with Gasteiger partial charge in [-0.2, -0.15) is 9.28 Å². The molecule has 178 valence electrons. The highest BCUT2D eigenvalue weighted by Gasteiger charge is 2.72. The molecule has 1 heterocycles. The second-order valence-corrected chi connectivity index (χ2v) is 9.59. The number of carbonyl (C=O) groups is 3. The van der Waals surface area contributed by atoms with Gasteiger partial charge in [0.2, 0.25) is 0 Å². The van der Waals surface area contributed by atoms with E-state index in [1.54, 1.807) is 4.90 Å². The lowest BCUT2D eigenvalue weighted by Crippen LogP contribution is -2.79. The predicted molar refractivity (Wildman–Crippen MR) is 124 cm³/mol. The minimum atomic E-state index is -1.23. The lowest BCUT2D eigenvalue weighted by atomic mass is 9.78. The summed E-state index contributed by atoms with van der Waals surface area (Å²) >= 11 is 0. The third kappa shape index (κ3) is 3.36. The molecule has 2 aromatic carbocycles. The van der Waals surface area contributed by atoms with E-state index >= 15 is 0 Å². The maximum Gasteiger partial charge on any atom is 0.521 e. The van der Waals surface area contributed by atoms with E-state index in [0.29, 0.717) is 18.5 Å². The molecule has 2 saturated carbocycles. The van der Waals surface area contributed by atoms with Crippen LogP contribution in [0.3, 0.4) is 0 Å². The number of hydrogen-bond donors (Lipinski definition) is 2. The summed E-state index contributed by atoms with van der Waals surface area (Å²) in [5.74, 6) is -1.32. The fraction of sp³-hybridized carbons (Fsp3) is 0.423.